The van der Waals surface area contributed by atoms with Crippen LogP contribution in [-0.4, -0.2) is 24.9 Å². The summed E-state index contributed by atoms with van der Waals surface area (Å²) >= 11 is 5.76. The van der Waals surface area contributed by atoms with E-state index < -0.39 is 22.9 Å². The van der Waals surface area contributed by atoms with Crippen molar-refractivity contribution in [2.75, 3.05) is 14.1 Å². The Morgan fingerprint density at radius 1 is 1.40 bits per heavy atom. The van der Waals surface area contributed by atoms with Gasteiger partial charge in [-0.1, -0.05) is 6.07 Å². The van der Waals surface area contributed by atoms with Gasteiger partial charge < -0.3 is 4.90 Å². The molecule has 0 saturated carbocycles. The summed E-state index contributed by atoms with van der Waals surface area (Å²) in [6, 6.07) is 2.94. The van der Waals surface area contributed by atoms with Crippen molar-refractivity contribution in [3.63, 3.8) is 0 Å². The molecular formula is C10H10ClF2NO. The quantitative estimate of drug-likeness (QED) is 0.718. The fourth-order valence-electron chi connectivity index (χ4n) is 1.07. The minimum Gasteiger partial charge on any atom is -0.347 e. The zero-order valence-electron chi connectivity index (χ0n) is 8.30. The Kier molecular flexibility index (Phi) is 3.63. The van der Waals surface area contributed by atoms with Gasteiger partial charge in [0, 0.05) is 25.7 Å². The number of nitrogens with zero attached hydrogens (tertiary/aromatic N) is 1. The largest absolute Gasteiger partial charge is 0.347 e. The Labute approximate surface area is 91.4 Å². The first-order valence-electron chi connectivity index (χ1n) is 4.23. The van der Waals surface area contributed by atoms with E-state index in [-0.39, 0.29) is 5.56 Å². The second-order valence-corrected chi connectivity index (χ2v) is 3.70. The van der Waals surface area contributed by atoms with Crippen LogP contribution in [0.15, 0.2) is 18.2 Å². The summed E-state index contributed by atoms with van der Waals surface area (Å²) in [4.78, 5) is 12.7. The van der Waals surface area contributed by atoms with E-state index in [0.29, 0.717) is 6.07 Å². The number of rotatable bonds is 2. The van der Waals surface area contributed by atoms with E-state index >= 15 is 0 Å². The molecule has 1 atom stereocenters. The van der Waals surface area contributed by atoms with Crippen molar-refractivity contribution in [1.29, 1.82) is 0 Å². The number of carbonyl (C=O) groups is 1. The van der Waals surface area contributed by atoms with Crippen molar-refractivity contribution in [2.45, 2.75) is 5.38 Å². The molecule has 0 aliphatic heterocycles. The number of benzene rings is 1. The van der Waals surface area contributed by atoms with Gasteiger partial charge in [-0.15, -0.1) is 11.6 Å². The van der Waals surface area contributed by atoms with Crippen molar-refractivity contribution in [1.82, 2.24) is 4.90 Å². The molecule has 1 amide bonds. The number of carbonyl (C=O) groups excluding carboxylic acids is 1. The number of hydrogen-bond donors (Lipinski definition) is 0. The van der Waals surface area contributed by atoms with E-state index in [1.807, 2.05) is 0 Å². The van der Waals surface area contributed by atoms with Crippen LogP contribution in [0.2, 0.25) is 0 Å². The Balaban J connectivity index is 3.01. The maximum Gasteiger partial charge on any atom is 0.244 e. The van der Waals surface area contributed by atoms with Gasteiger partial charge in [0.15, 0.2) is 0 Å². The summed E-state index contributed by atoms with van der Waals surface area (Å²) in [6.07, 6.45) is 0. The predicted octanol–water partition coefficient (Wildman–Crippen LogP) is 2.33. The molecule has 2 nitrogen and oxygen atoms in total. The highest BCUT2D eigenvalue weighted by atomic mass is 35.5. The predicted molar refractivity (Wildman–Crippen MR) is 53.6 cm³/mol. The first kappa shape index (κ1) is 11.9. The molecule has 1 rings (SSSR count). The van der Waals surface area contributed by atoms with E-state index in [1.54, 1.807) is 0 Å². The third kappa shape index (κ3) is 2.65. The lowest BCUT2D eigenvalue weighted by Crippen LogP contribution is -2.26. The first-order valence-corrected chi connectivity index (χ1v) is 4.67. The summed E-state index contributed by atoms with van der Waals surface area (Å²) in [5.41, 5.74) is -0.0169. The number of hydrogen-bond acceptors (Lipinski definition) is 1. The molecule has 0 radical (unpaired) electrons. The molecule has 0 bridgehead atoms. The van der Waals surface area contributed by atoms with Crippen LogP contribution in [0.3, 0.4) is 0 Å². The van der Waals surface area contributed by atoms with Gasteiger partial charge in [-0.05, 0) is 6.07 Å². The molecule has 0 heterocycles. The van der Waals surface area contributed by atoms with Gasteiger partial charge in [0.2, 0.25) is 5.91 Å². The van der Waals surface area contributed by atoms with Gasteiger partial charge >= 0.3 is 0 Å². The van der Waals surface area contributed by atoms with Crippen LogP contribution < -0.4 is 0 Å². The normalized spacial score (nSPS) is 12.3. The standard InChI is InChI=1S/C10H10ClF2NO/c1-14(2)10(15)9(11)7-4-3-6(12)5-8(7)13/h3-5,9H,1-2H3. The highest BCUT2D eigenvalue weighted by Gasteiger charge is 2.22. The molecule has 0 N–H and O–H groups in total. The highest BCUT2D eigenvalue weighted by Crippen LogP contribution is 2.25. The lowest BCUT2D eigenvalue weighted by molar-refractivity contribution is -0.128. The van der Waals surface area contributed by atoms with Gasteiger partial charge in [0.1, 0.15) is 17.0 Å². The summed E-state index contributed by atoms with van der Waals surface area (Å²) in [5, 5.41) is -1.12. The van der Waals surface area contributed by atoms with Crippen LogP contribution in [0, 0.1) is 11.6 Å². The summed E-state index contributed by atoms with van der Waals surface area (Å²) in [7, 11) is 3.03. The van der Waals surface area contributed by atoms with Crippen LogP contribution in [0.1, 0.15) is 10.9 Å². The highest BCUT2D eigenvalue weighted by molar-refractivity contribution is 6.30. The molecule has 82 valence electrons. The average Bonchev–Trinajstić information content (AvgIpc) is 2.15. The minimum atomic E-state index is -1.12. The fraction of sp³-hybridized carbons (Fsp3) is 0.300. The average molecular weight is 234 g/mol. The van der Waals surface area contributed by atoms with Crippen molar-refractivity contribution >= 4 is 17.5 Å². The van der Waals surface area contributed by atoms with Crippen LogP contribution in [0.4, 0.5) is 8.78 Å². The molecule has 0 saturated heterocycles. The van der Waals surface area contributed by atoms with Crippen LogP contribution in [0.25, 0.3) is 0 Å². The van der Waals surface area contributed by atoms with Gasteiger partial charge in [0.05, 0.1) is 0 Å². The third-order valence-electron chi connectivity index (χ3n) is 1.89. The van der Waals surface area contributed by atoms with Crippen molar-refractivity contribution < 1.29 is 13.6 Å². The number of halogens is 3. The SMILES string of the molecule is CN(C)C(=O)C(Cl)c1ccc(F)cc1F. The molecular weight excluding hydrogens is 224 g/mol. The molecule has 0 fully saturated rings. The summed E-state index contributed by atoms with van der Waals surface area (Å²) in [5.74, 6) is -1.95. The second kappa shape index (κ2) is 4.57. The molecule has 0 aliphatic rings. The molecule has 0 aromatic heterocycles. The second-order valence-electron chi connectivity index (χ2n) is 3.26. The Hall–Kier alpha value is -1.16. The van der Waals surface area contributed by atoms with E-state index in [0.717, 1.165) is 6.07 Å². The zero-order chi connectivity index (χ0) is 11.6. The van der Waals surface area contributed by atoms with E-state index in [2.05, 4.69) is 0 Å². The van der Waals surface area contributed by atoms with E-state index in [4.69, 9.17) is 11.6 Å². The third-order valence-corrected chi connectivity index (χ3v) is 2.31. The smallest absolute Gasteiger partial charge is 0.244 e. The van der Waals surface area contributed by atoms with Crippen LogP contribution >= 0.6 is 11.6 Å². The molecule has 1 aromatic rings. The molecule has 0 aliphatic carbocycles. The topological polar surface area (TPSA) is 20.3 Å². The molecule has 15 heavy (non-hydrogen) atoms. The Morgan fingerprint density at radius 3 is 2.47 bits per heavy atom. The maximum atomic E-state index is 13.2. The van der Waals surface area contributed by atoms with E-state index in [1.165, 1.54) is 25.1 Å². The van der Waals surface area contributed by atoms with Crippen molar-refractivity contribution in [2.24, 2.45) is 0 Å². The number of amides is 1. The number of likely N-dealkylation sites (N-methyl/N-ethyl adjacent to an activating group) is 1. The van der Waals surface area contributed by atoms with Gasteiger partial charge in [-0.25, -0.2) is 8.78 Å². The first-order chi connectivity index (χ1) is 6.93. The molecule has 5 heteroatoms. The van der Waals surface area contributed by atoms with Gasteiger partial charge in [-0.3, -0.25) is 4.79 Å². The molecule has 0 spiro atoms. The number of alkyl halides is 1. The summed E-state index contributed by atoms with van der Waals surface area (Å²) in [6.45, 7) is 0. The molecule has 1 unspecified atom stereocenters. The van der Waals surface area contributed by atoms with Gasteiger partial charge in [-0.2, -0.15) is 0 Å². The summed E-state index contributed by atoms with van der Waals surface area (Å²) < 4.78 is 25.8. The lowest BCUT2D eigenvalue weighted by Gasteiger charge is -2.15. The van der Waals surface area contributed by atoms with Crippen molar-refractivity contribution in [3.05, 3.63) is 35.4 Å². The minimum absolute atomic E-state index is 0.0169. The van der Waals surface area contributed by atoms with Crippen LogP contribution in [-0.2, 0) is 4.79 Å². The zero-order valence-corrected chi connectivity index (χ0v) is 9.05. The maximum absolute atomic E-state index is 13.2. The Bertz CT molecular complexity index is 382. The van der Waals surface area contributed by atoms with E-state index in [9.17, 15) is 13.6 Å². The monoisotopic (exact) mass is 233 g/mol. The fourth-order valence-corrected chi connectivity index (χ4v) is 1.44. The van der Waals surface area contributed by atoms with Crippen LogP contribution in [0.5, 0.6) is 0 Å². The lowest BCUT2D eigenvalue weighted by atomic mass is 10.1. The Morgan fingerprint density at radius 2 is 2.00 bits per heavy atom. The van der Waals surface area contributed by atoms with Gasteiger partial charge in [0.25, 0.3) is 0 Å². The molecule has 1 aromatic carbocycles. The van der Waals surface area contributed by atoms with Crippen molar-refractivity contribution in [3.8, 4) is 0 Å².